The van der Waals surface area contributed by atoms with Crippen LogP contribution in [0.5, 0.6) is 0 Å². The van der Waals surface area contributed by atoms with Gasteiger partial charge in [0.1, 0.15) is 6.33 Å². The highest BCUT2D eigenvalue weighted by atomic mass is 16.5. The maximum atomic E-state index is 5.51. The number of anilines is 1. The van der Waals surface area contributed by atoms with E-state index in [1.807, 2.05) is 36.0 Å². The molecule has 1 aliphatic rings. The maximum Gasteiger partial charge on any atom is 0.240 e. The Balaban J connectivity index is 0.000000868. The van der Waals surface area contributed by atoms with Crippen LogP contribution in [-0.4, -0.2) is 80.8 Å². The van der Waals surface area contributed by atoms with Gasteiger partial charge >= 0.3 is 0 Å². The van der Waals surface area contributed by atoms with Crippen molar-refractivity contribution in [1.82, 2.24) is 34.4 Å². The number of nitrogens with zero attached hydrogens (tertiary/aromatic N) is 7. The molecule has 4 heterocycles. The number of fused-ring (bicyclic) bond motifs is 1. The zero-order chi connectivity index (χ0) is 23.9. The van der Waals surface area contributed by atoms with E-state index in [0.717, 1.165) is 54.9 Å². The van der Waals surface area contributed by atoms with E-state index in [4.69, 9.17) is 25.4 Å². The van der Waals surface area contributed by atoms with Crippen molar-refractivity contribution in [3.63, 3.8) is 0 Å². The Morgan fingerprint density at radius 2 is 1.85 bits per heavy atom. The zero-order valence-corrected chi connectivity index (χ0v) is 20.1. The Morgan fingerprint density at radius 1 is 1.09 bits per heavy atom. The van der Waals surface area contributed by atoms with Crippen molar-refractivity contribution >= 4 is 16.9 Å². The lowest BCUT2D eigenvalue weighted by molar-refractivity contribution is 0.122. The van der Waals surface area contributed by atoms with Gasteiger partial charge in [0.05, 0.1) is 18.9 Å². The van der Waals surface area contributed by atoms with E-state index in [9.17, 15) is 0 Å². The fourth-order valence-corrected chi connectivity index (χ4v) is 3.72. The molecule has 180 valence electrons. The summed E-state index contributed by atoms with van der Waals surface area (Å²) in [5, 5.41) is 1.09. The lowest BCUT2D eigenvalue weighted by Crippen LogP contribution is -2.37. The summed E-state index contributed by atoms with van der Waals surface area (Å²) >= 11 is 0. The molecule has 0 amide bonds. The highest BCUT2D eigenvalue weighted by Gasteiger charge is 2.19. The van der Waals surface area contributed by atoms with Crippen LogP contribution < -0.4 is 10.6 Å². The molecule has 0 unspecified atom stereocenters. The number of benzene rings is 1. The van der Waals surface area contributed by atoms with Crippen LogP contribution in [0, 0.1) is 0 Å². The maximum absolute atomic E-state index is 5.51. The quantitative estimate of drug-likeness (QED) is 0.448. The third-order valence-corrected chi connectivity index (χ3v) is 5.58. The van der Waals surface area contributed by atoms with E-state index in [1.54, 1.807) is 6.33 Å². The molecular weight excluding hydrogens is 430 g/mol. The number of nitrogens with two attached hydrogens (primary N) is 1. The van der Waals surface area contributed by atoms with Crippen LogP contribution in [0.2, 0.25) is 0 Å². The molecule has 10 heteroatoms. The number of morpholine rings is 1. The molecule has 34 heavy (non-hydrogen) atoms. The Morgan fingerprint density at radius 3 is 2.62 bits per heavy atom. The van der Waals surface area contributed by atoms with Crippen LogP contribution in [-0.2, 0) is 11.3 Å². The number of aromatic nitrogens is 6. The van der Waals surface area contributed by atoms with Crippen LogP contribution in [0.3, 0.4) is 0 Å². The molecule has 10 nitrogen and oxygen atoms in total. The van der Waals surface area contributed by atoms with Crippen molar-refractivity contribution in [3.05, 3.63) is 48.7 Å². The summed E-state index contributed by atoms with van der Waals surface area (Å²) in [6.45, 7) is 9.38. The lowest BCUT2D eigenvalue weighted by atomic mass is 10.1. The van der Waals surface area contributed by atoms with Gasteiger partial charge in [0.15, 0.2) is 5.82 Å². The molecule has 1 fully saturated rings. The Hall–Kier alpha value is -3.34. The van der Waals surface area contributed by atoms with E-state index < -0.39 is 0 Å². The largest absolute Gasteiger partial charge is 0.378 e. The third-order valence-electron chi connectivity index (χ3n) is 5.58. The van der Waals surface area contributed by atoms with Crippen molar-refractivity contribution in [2.45, 2.75) is 20.4 Å². The molecule has 0 radical (unpaired) electrons. The van der Waals surface area contributed by atoms with Gasteiger partial charge in [-0.3, -0.25) is 4.57 Å². The second kappa shape index (κ2) is 11.2. The zero-order valence-electron chi connectivity index (χ0n) is 20.1. The van der Waals surface area contributed by atoms with Gasteiger partial charge in [-0.2, -0.15) is 15.0 Å². The lowest BCUT2D eigenvalue weighted by Gasteiger charge is -2.27. The topological polar surface area (TPSA) is 114 Å². The number of H-pyrrole nitrogens is 1. The summed E-state index contributed by atoms with van der Waals surface area (Å²) in [7, 11) is 2.08. The number of hydrogen-bond donors (Lipinski definition) is 2. The first-order valence-electron chi connectivity index (χ1n) is 11.7. The molecule has 3 N–H and O–H groups in total. The molecule has 0 bridgehead atoms. The van der Waals surface area contributed by atoms with Crippen molar-refractivity contribution in [2.24, 2.45) is 5.73 Å². The van der Waals surface area contributed by atoms with E-state index >= 15 is 0 Å². The van der Waals surface area contributed by atoms with Crippen molar-refractivity contribution < 1.29 is 4.74 Å². The second-order valence-electron chi connectivity index (χ2n) is 8.11. The fraction of sp³-hybridized carbons (Fsp3) is 0.417. The van der Waals surface area contributed by atoms with Gasteiger partial charge in [-0.05, 0) is 32.3 Å². The number of imidazole rings is 1. The molecule has 1 saturated heterocycles. The van der Waals surface area contributed by atoms with Crippen LogP contribution in [0.4, 0.5) is 5.95 Å². The Labute approximate surface area is 199 Å². The molecular formula is C24H33N9O. The Kier molecular flexibility index (Phi) is 7.84. The molecule has 4 aromatic rings. The molecule has 5 rings (SSSR count). The minimum Gasteiger partial charge on any atom is -0.378 e. The van der Waals surface area contributed by atoms with Crippen molar-refractivity contribution in [1.29, 1.82) is 0 Å². The molecule has 0 spiro atoms. The first-order chi connectivity index (χ1) is 16.6. The summed E-state index contributed by atoms with van der Waals surface area (Å²) in [4.78, 5) is 26.6. The van der Waals surface area contributed by atoms with E-state index in [1.165, 1.54) is 0 Å². The number of ether oxygens (including phenoxy) is 1. The van der Waals surface area contributed by atoms with Gasteiger partial charge in [-0.25, -0.2) is 4.98 Å². The molecule has 0 saturated carbocycles. The summed E-state index contributed by atoms with van der Waals surface area (Å²) in [6, 6.07) is 8.17. The van der Waals surface area contributed by atoms with Gasteiger partial charge in [0.25, 0.3) is 0 Å². The van der Waals surface area contributed by atoms with Crippen LogP contribution >= 0.6 is 0 Å². The SMILES string of the molecule is CCN.CCN(C)Cc1cn(-c2nc(-c3cccc4[nH]ccc34)nc(N3CCOCC3)n2)cn1. The average molecular weight is 464 g/mol. The minimum absolute atomic E-state index is 0.567. The molecule has 1 aromatic carbocycles. The van der Waals surface area contributed by atoms with Gasteiger partial charge in [0.2, 0.25) is 11.9 Å². The first-order valence-corrected chi connectivity index (χ1v) is 11.7. The average Bonchev–Trinajstić information content (AvgIpc) is 3.54. The smallest absolute Gasteiger partial charge is 0.240 e. The van der Waals surface area contributed by atoms with Crippen LogP contribution in [0.25, 0.3) is 28.2 Å². The van der Waals surface area contributed by atoms with Crippen molar-refractivity contribution in [2.75, 3.05) is 51.3 Å². The summed E-state index contributed by atoms with van der Waals surface area (Å²) < 4.78 is 7.39. The summed E-state index contributed by atoms with van der Waals surface area (Å²) in [5.74, 6) is 1.88. The van der Waals surface area contributed by atoms with Crippen LogP contribution in [0.1, 0.15) is 19.5 Å². The van der Waals surface area contributed by atoms with E-state index in [0.29, 0.717) is 30.9 Å². The highest BCUT2D eigenvalue weighted by molar-refractivity contribution is 5.93. The number of aromatic amines is 1. The molecule has 0 atom stereocenters. The van der Waals surface area contributed by atoms with Crippen LogP contribution in [0.15, 0.2) is 43.0 Å². The third kappa shape index (κ3) is 5.41. The highest BCUT2D eigenvalue weighted by Crippen LogP contribution is 2.27. The minimum atomic E-state index is 0.567. The Bertz CT molecular complexity index is 1200. The number of hydrogen-bond acceptors (Lipinski definition) is 8. The van der Waals surface area contributed by atoms with E-state index in [2.05, 4.69) is 45.9 Å². The second-order valence-corrected chi connectivity index (χ2v) is 8.11. The van der Waals surface area contributed by atoms with Gasteiger partial charge in [-0.1, -0.05) is 26.0 Å². The van der Waals surface area contributed by atoms with E-state index in [-0.39, 0.29) is 0 Å². The standard InChI is InChI=1S/C22H26N8O.C2H7N/c1-3-28(2)13-16-14-30(15-24-16)22-26-20(18-5-4-6-19-17(18)7-8-23-19)25-21(27-22)29-9-11-31-12-10-29;1-2-3/h4-8,14-15,23H,3,9-13H2,1-2H3;2-3H2,1H3. The number of rotatable bonds is 6. The molecule has 1 aliphatic heterocycles. The van der Waals surface area contributed by atoms with Gasteiger partial charge < -0.3 is 25.3 Å². The fourth-order valence-electron chi connectivity index (χ4n) is 3.72. The molecule has 3 aromatic heterocycles. The number of nitrogens with one attached hydrogen (secondary N) is 1. The van der Waals surface area contributed by atoms with Gasteiger partial charge in [0, 0.05) is 48.5 Å². The predicted octanol–water partition coefficient (Wildman–Crippen LogP) is 2.46. The van der Waals surface area contributed by atoms with Crippen molar-refractivity contribution in [3.8, 4) is 17.3 Å². The summed E-state index contributed by atoms with van der Waals surface area (Å²) in [6.07, 6.45) is 5.70. The molecule has 0 aliphatic carbocycles. The monoisotopic (exact) mass is 463 g/mol. The van der Waals surface area contributed by atoms with Gasteiger partial charge in [-0.15, -0.1) is 0 Å². The predicted molar refractivity (Wildman–Crippen MR) is 134 cm³/mol. The summed E-state index contributed by atoms with van der Waals surface area (Å²) in [5.41, 5.74) is 7.86. The first kappa shape index (κ1) is 23.8. The normalized spacial score (nSPS) is 13.9.